The largest absolute Gasteiger partial charge is 0.465 e. The van der Waals surface area contributed by atoms with Crippen molar-refractivity contribution in [1.29, 1.82) is 0 Å². The van der Waals surface area contributed by atoms with E-state index in [-0.39, 0.29) is 6.54 Å². The minimum absolute atomic E-state index is 0.204. The highest BCUT2D eigenvalue weighted by Gasteiger charge is 2.26. The molecule has 0 bridgehead atoms. The third-order valence-corrected chi connectivity index (χ3v) is 3.74. The number of hydrogen-bond acceptors (Lipinski definition) is 3. The molecule has 5 heteroatoms. The number of nitrogens with zero attached hydrogens (tertiary/aromatic N) is 1. The fourth-order valence-corrected chi connectivity index (χ4v) is 2.29. The third-order valence-electron chi connectivity index (χ3n) is 3.74. The van der Waals surface area contributed by atoms with Crippen LogP contribution in [0, 0.1) is 6.92 Å². The zero-order valence-electron chi connectivity index (χ0n) is 14.5. The van der Waals surface area contributed by atoms with Gasteiger partial charge in [0.1, 0.15) is 11.5 Å². The quantitative estimate of drug-likeness (QED) is 0.801. The fourth-order valence-electron chi connectivity index (χ4n) is 2.29. The molecule has 0 spiro atoms. The molecule has 0 saturated carbocycles. The van der Waals surface area contributed by atoms with Gasteiger partial charge in [0, 0.05) is 11.2 Å². The van der Waals surface area contributed by atoms with Crippen LogP contribution in [0.15, 0.2) is 42.5 Å². The lowest BCUT2D eigenvalue weighted by Gasteiger charge is -2.33. The van der Waals surface area contributed by atoms with E-state index in [1.807, 2.05) is 52.0 Å². The van der Waals surface area contributed by atoms with Gasteiger partial charge in [-0.05, 0) is 63.6 Å². The van der Waals surface area contributed by atoms with Crippen LogP contribution in [0.25, 0.3) is 0 Å². The first-order valence-electron chi connectivity index (χ1n) is 7.80. The molecule has 0 aromatic heterocycles. The van der Waals surface area contributed by atoms with Gasteiger partial charge >= 0.3 is 6.09 Å². The van der Waals surface area contributed by atoms with Gasteiger partial charge in [0.05, 0.1) is 6.54 Å². The van der Waals surface area contributed by atoms with E-state index in [2.05, 4.69) is 0 Å². The van der Waals surface area contributed by atoms with Gasteiger partial charge < -0.3 is 15.6 Å². The number of aryl methyl sites for hydroxylation is 1. The maximum absolute atomic E-state index is 11.5. The monoisotopic (exact) mass is 328 g/mol. The predicted octanol–water partition coefficient (Wildman–Crippen LogP) is 4.65. The van der Waals surface area contributed by atoms with Crippen molar-refractivity contribution in [1.82, 2.24) is 4.90 Å². The van der Waals surface area contributed by atoms with Gasteiger partial charge in [0.15, 0.2) is 0 Å². The van der Waals surface area contributed by atoms with Crippen molar-refractivity contribution in [3.8, 4) is 11.5 Å². The van der Waals surface area contributed by atoms with E-state index in [9.17, 15) is 9.90 Å². The molecule has 0 atom stereocenters. The van der Waals surface area contributed by atoms with Crippen LogP contribution >= 0.6 is 0 Å². The van der Waals surface area contributed by atoms with E-state index in [0.29, 0.717) is 11.4 Å². The second kappa shape index (κ2) is 6.83. The molecule has 0 fully saturated rings. The Morgan fingerprint density at radius 1 is 1.12 bits per heavy atom. The zero-order chi connectivity index (χ0) is 17.9. The summed E-state index contributed by atoms with van der Waals surface area (Å²) in [4.78, 5) is 12.9. The van der Waals surface area contributed by atoms with Crippen LogP contribution in [-0.4, -0.2) is 21.6 Å². The van der Waals surface area contributed by atoms with E-state index < -0.39 is 11.6 Å². The molecule has 2 aromatic rings. The number of ether oxygens (including phenoxy) is 1. The Morgan fingerprint density at radius 3 is 2.25 bits per heavy atom. The van der Waals surface area contributed by atoms with Crippen LogP contribution in [0.2, 0.25) is 0 Å². The Morgan fingerprint density at radius 2 is 1.71 bits per heavy atom. The predicted molar refractivity (Wildman–Crippen MR) is 95.4 cm³/mol. The van der Waals surface area contributed by atoms with Crippen LogP contribution in [0.3, 0.4) is 0 Å². The van der Waals surface area contributed by atoms with E-state index in [0.717, 1.165) is 16.9 Å². The lowest BCUT2D eigenvalue weighted by molar-refractivity contribution is 0.0956. The minimum atomic E-state index is -0.980. The summed E-state index contributed by atoms with van der Waals surface area (Å²) in [5, 5.41) is 9.45. The highest BCUT2D eigenvalue weighted by Crippen LogP contribution is 2.28. The van der Waals surface area contributed by atoms with Gasteiger partial charge in [0.2, 0.25) is 0 Å². The summed E-state index contributed by atoms with van der Waals surface area (Å²) in [7, 11) is 0. The average molecular weight is 328 g/mol. The smallest absolute Gasteiger partial charge is 0.408 e. The molecule has 0 saturated heterocycles. The summed E-state index contributed by atoms with van der Waals surface area (Å²) < 4.78 is 5.84. The molecule has 0 heterocycles. The van der Waals surface area contributed by atoms with Crippen LogP contribution in [0.4, 0.5) is 10.5 Å². The number of carbonyl (C=O) groups is 1. The van der Waals surface area contributed by atoms with Crippen LogP contribution in [0.5, 0.6) is 11.5 Å². The Labute approximate surface area is 142 Å². The molecular weight excluding hydrogens is 304 g/mol. The number of rotatable bonds is 4. The molecule has 128 valence electrons. The van der Waals surface area contributed by atoms with Crippen LogP contribution < -0.4 is 10.5 Å². The van der Waals surface area contributed by atoms with Gasteiger partial charge in [-0.2, -0.15) is 0 Å². The molecule has 2 aromatic carbocycles. The number of nitrogens with two attached hydrogens (primary N) is 1. The van der Waals surface area contributed by atoms with Crippen molar-refractivity contribution < 1.29 is 14.6 Å². The number of nitrogen functional groups attached to an aromatic ring is 1. The van der Waals surface area contributed by atoms with Crippen LogP contribution in [-0.2, 0) is 6.54 Å². The SMILES string of the molecule is Cc1ccc(Oc2ccc(N)c(CN(C(=O)O)C(C)(C)C)c2)cc1. The Balaban J connectivity index is 2.24. The second-order valence-electron chi connectivity index (χ2n) is 6.82. The Hall–Kier alpha value is -2.69. The molecule has 0 aliphatic rings. The average Bonchev–Trinajstić information content (AvgIpc) is 2.48. The Bertz CT molecular complexity index is 718. The van der Waals surface area contributed by atoms with Gasteiger partial charge in [-0.25, -0.2) is 4.79 Å². The molecule has 0 aliphatic carbocycles. The van der Waals surface area contributed by atoms with Gasteiger partial charge in [-0.3, -0.25) is 4.90 Å². The summed E-state index contributed by atoms with van der Waals surface area (Å²) in [6, 6.07) is 13.0. The molecule has 0 unspecified atom stereocenters. The third kappa shape index (κ3) is 4.41. The fraction of sp³-hybridized carbons (Fsp3) is 0.316. The number of amides is 1. The lowest BCUT2D eigenvalue weighted by atomic mass is 10.0. The lowest BCUT2D eigenvalue weighted by Crippen LogP contribution is -2.44. The van der Waals surface area contributed by atoms with Gasteiger partial charge in [0.25, 0.3) is 0 Å². The van der Waals surface area contributed by atoms with E-state index in [1.165, 1.54) is 4.90 Å². The molecule has 5 nitrogen and oxygen atoms in total. The van der Waals surface area contributed by atoms with Crippen molar-refractivity contribution in [2.24, 2.45) is 0 Å². The summed E-state index contributed by atoms with van der Waals surface area (Å²) in [5.74, 6) is 1.35. The highest BCUT2D eigenvalue weighted by atomic mass is 16.5. The molecule has 3 N–H and O–H groups in total. The number of benzene rings is 2. The van der Waals surface area contributed by atoms with Crippen LogP contribution in [0.1, 0.15) is 31.9 Å². The Kier molecular flexibility index (Phi) is 5.02. The number of hydrogen-bond donors (Lipinski definition) is 2. The van der Waals surface area contributed by atoms with Gasteiger partial charge in [-0.15, -0.1) is 0 Å². The van der Waals surface area contributed by atoms with Crippen molar-refractivity contribution in [2.75, 3.05) is 5.73 Å². The van der Waals surface area contributed by atoms with E-state index in [1.54, 1.807) is 18.2 Å². The standard InChI is InChI=1S/C19H24N2O3/c1-13-5-7-15(8-6-13)24-16-9-10-17(20)14(11-16)12-21(18(22)23)19(2,3)4/h5-11H,12,20H2,1-4H3,(H,22,23). The van der Waals surface area contributed by atoms with Crippen molar-refractivity contribution in [3.63, 3.8) is 0 Å². The number of anilines is 1. The molecule has 0 radical (unpaired) electrons. The van der Waals surface area contributed by atoms with Crippen molar-refractivity contribution in [2.45, 2.75) is 39.8 Å². The van der Waals surface area contributed by atoms with Gasteiger partial charge in [-0.1, -0.05) is 17.7 Å². The molecule has 1 amide bonds. The first-order valence-corrected chi connectivity index (χ1v) is 7.80. The molecular formula is C19H24N2O3. The zero-order valence-corrected chi connectivity index (χ0v) is 14.5. The summed E-state index contributed by atoms with van der Waals surface area (Å²) in [6.45, 7) is 7.77. The summed E-state index contributed by atoms with van der Waals surface area (Å²) in [5.41, 5.74) is 7.92. The topological polar surface area (TPSA) is 75.8 Å². The van der Waals surface area contributed by atoms with Crippen molar-refractivity contribution in [3.05, 3.63) is 53.6 Å². The summed E-state index contributed by atoms with van der Waals surface area (Å²) >= 11 is 0. The first-order chi connectivity index (χ1) is 11.2. The normalized spacial score (nSPS) is 11.2. The van der Waals surface area contributed by atoms with E-state index >= 15 is 0 Å². The summed E-state index contributed by atoms with van der Waals surface area (Å²) in [6.07, 6.45) is -0.980. The highest BCUT2D eigenvalue weighted by molar-refractivity contribution is 5.66. The maximum Gasteiger partial charge on any atom is 0.408 e. The first kappa shape index (κ1) is 17.7. The molecule has 2 rings (SSSR count). The minimum Gasteiger partial charge on any atom is -0.465 e. The maximum atomic E-state index is 11.5. The van der Waals surface area contributed by atoms with Crippen molar-refractivity contribution >= 4 is 11.8 Å². The van der Waals surface area contributed by atoms with E-state index in [4.69, 9.17) is 10.5 Å². The molecule has 24 heavy (non-hydrogen) atoms. The second-order valence-corrected chi connectivity index (χ2v) is 6.82. The molecule has 0 aliphatic heterocycles. The number of carboxylic acid groups (broad SMARTS) is 1.